The van der Waals surface area contributed by atoms with Gasteiger partial charge in [0.2, 0.25) is 0 Å². The lowest BCUT2D eigenvalue weighted by Gasteiger charge is -2.10. The standard InChI is InChI=1S/C24H18BrCl2N5OS/c1-15(17-9-12-20(26)21(27)13-17)28-29-22(33)14-34-24-31-30-23(16-7-10-18(25)11-8-16)32(24)19-5-3-2-4-6-19/h2-13H,14H2,1H3,(H,29,33). The van der Waals surface area contributed by atoms with Crippen LogP contribution in [-0.2, 0) is 4.79 Å². The number of hydrogen-bond donors (Lipinski definition) is 1. The summed E-state index contributed by atoms with van der Waals surface area (Å²) in [5.74, 6) is 0.538. The highest BCUT2D eigenvalue weighted by Gasteiger charge is 2.17. The van der Waals surface area contributed by atoms with E-state index in [1.165, 1.54) is 11.8 Å². The van der Waals surface area contributed by atoms with Crippen LogP contribution in [0.1, 0.15) is 12.5 Å². The van der Waals surface area contributed by atoms with Crippen LogP contribution in [0.4, 0.5) is 0 Å². The van der Waals surface area contributed by atoms with Crippen LogP contribution in [-0.4, -0.2) is 32.1 Å². The van der Waals surface area contributed by atoms with Crippen molar-refractivity contribution in [3.63, 3.8) is 0 Å². The molecule has 1 heterocycles. The molecule has 4 aromatic rings. The topological polar surface area (TPSA) is 72.2 Å². The summed E-state index contributed by atoms with van der Waals surface area (Å²) in [6.07, 6.45) is 0. The van der Waals surface area contributed by atoms with Crippen molar-refractivity contribution in [1.29, 1.82) is 0 Å². The van der Waals surface area contributed by atoms with E-state index in [1.807, 2.05) is 59.2 Å². The van der Waals surface area contributed by atoms with Crippen LogP contribution < -0.4 is 5.43 Å². The lowest BCUT2D eigenvalue weighted by Crippen LogP contribution is -2.21. The molecule has 172 valence electrons. The monoisotopic (exact) mass is 573 g/mol. The van der Waals surface area contributed by atoms with Gasteiger partial charge in [-0.25, -0.2) is 5.43 Å². The third-order valence-electron chi connectivity index (χ3n) is 4.77. The number of nitrogens with zero attached hydrogens (tertiary/aromatic N) is 4. The fraction of sp³-hybridized carbons (Fsp3) is 0.0833. The second kappa shape index (κ2) is 11.2. The van der Waals surface area contributed by atoms with E-state index in [2.05, 4.69) is 36.7 Å². The molecule has 1 aromatic heterocycles. The molecule has 0 bridgehead atoms. The smallest absolute Gasteiger partial charge is 0.250 e. The number of aromatic nitrogens is 3. The zero-order valence-electron chi connectivity index (χ0n) is 17.9. The van der Waals surface area contributed by atoms with Crippen molar-refractivity contribution in [2.24, 2.45) is 5.10 Å². The van der Waals surface area contributed by atoms with Crippen molar-refractivity contribution in [1.82, 2.24) is 20.2 Å². The van der Waals surface area contributed by atoms with Crippen molar-refractivity contribution in [3.8, 4) is 17.1 Å². The van der Waals surface area contributed by atoms with Crippen LogP contribution in [0, 0.1) is 0 Å². The summed E-state index contributed by atoms with van der Waals surface area (Å²) >= 11 is 16.8. The number of para-hydroxylation sites is 1. The van der Waals surface area contributed by atoms with E-state index in [9.17, 15) is 4.79 Å². The van der Waals surface area contributed by atoms with Crippen LogP contribution in [0.5, 0.6) is 0 Å². The Balaban J connectivity index is 1.51. The maximum atomic E-state index is 12.5. The van der Waals surface area contributed by atoms with Crippen LogP contribution in [0.2, 0.25) is 10.0 Å². The summed E-state index contributed by atoms with van der Waals surface area (Å²) in [6, 6.07) is 22.8. The number of carbonyl (C=O) groups excluding carboxylic acids is 1. The first-order valence-corrected chi connectivity index (χ1v) is 12.6. The largest absolute Gasteiger partial charge is 0.272 e. The molecule has 0 aliphatic carbocycles. The normalized spacial score (nSPS) is 11.5. The minimum Gasteiger partial charge on any atom is -0.272 e. The number of amides is 1. The molecule has 0 fully saturated rings. The average molecular weight is 575 g/mol. The van der Waals surface area contributed by atoms with Gasteiger partial charge in [-0.15, -0.1) is 10.2 Å². The molecule has 10 heteroatoms. The van der Waals surface area contributed by atoms with Gasteiger partial charge in [0, 0.05) is 15.7 Å². The van der Waals surface area contributed by atoms with E-state index in [4.69, 9.17) is 23.2 Å². The summed E-state index contributed by atoms with van der Waals surface area (Å²) in [6.45, 7) is 1.78. The van der Waals surface area contributed by atoms with Gasteiger partial charge >= 0.3 is 0 Å². The van der Waals surface area contributed by atoms with Crippen molar-refractivity contribution in [3.05, 3.63) is 92.9 Å². The molecular weight excluding hydrogens is 557 g/mol. The molecule has 1 N–H and O–H groups in total. The highest BCUT2D eigenvalue weighted by Crippen LogP contribution is 2.28. The molecule has 0 radical (unpaired) electrons. The molecule has 34 heavy (non-hydrogen) atoms. The number of halogens is 3. The van der Waals surface area contributed by atoms with Crippen LogP contribution in [0.3, 0.4) is 0 Å². The summed E-state index contributed by atoms with van der Waals surface area (Å²) in [7, 11) is 0. The van der Waals surface area contributed by atoms with Gasteiger partial charge < -0.3 is 0 Å². The molecule has 0 saturated heterocycles. The number of hydrazone groups is 1. The Morgan fingerprint density at radius 2 is 1.76 bits per heavy atom. The Labute approximate surface area is 219 Å². The molecule has 1 amide bonds. The second-order valence-corrected chi connectivity index (χ2v) is 9.81. The van der Waals surface area contributed by atoms with E-state index in [0.717, 1.165) is 21.3 Å². The van der Waals surface area contributed by atoms with E-state index in [1.54, 1.807) is 25.1 Å². The first kappa shape index (κ1) is 24.5. The Morgan fingerprint density at radius 3 is 2.47 bits per heavy atom. The number of benzene rings is 3. The highest BCUT2D eigenvalue weighted by atomic mass is 79.9. The van der Waals surface area contributed by atoms with Crippen LogP contribution in [0.15, 0.2) is 87.5 Å². The van der Waals surface area contributed by atoms with Crippen LogP contribution in [0.25, 0.3) is 17.1 Å². The second-order valence-electron chi connectivity index (χ2n) is 7.13. The minimum absolute atomic E-state index is 0.115. The fourth-order valence-electron chi connectivity index (χ4n) is 3.05. The molecule has 0 aliphatic rings. The summed E-state index contributed by atoms with van der Waals surface area (Å²) < 4.78 is 2.91. The predicted molar refractivity (Wildman–Crippen MR) is 142 cm³/mol. The molecule has 0 saturated carbocycles. The third kappa shape index (κ3) is 5.88. The Bertz CT molecular complexity index is 1340. The minimum atomic E-state index is -0.266. The van der Waals surface area contributed by atoms with Gasteiger partial charge in [-0.1, -0.05) is 87.3 Å². The molecule has 0 unspecified atom stereocenters. The van der Waals surface area contributed by atoms with Crippen molar-refractivity contribution in [2.45, 2.75) is 12.1 Å². The van der Waals surface area contributed by atoms with E-state index in [0.29, 0.717) is 26.7 Å². The summed E-state index contributed by atoms with van der Waals surface area (Å²) in [5.41, 5.74) is 5.78. The zero-order valence-corrected chi connectivity index (χ0v) is 21.8. The lowest BCUT2D eigenvalue weighted by molar-refractivity contribution is -0.118. The first-order valence-electron chi connectivity index (χ1n) is 10.1. The summed E-state index contributed by atoms with van der Waals surface area (Å²) in [5, 5.41) is 14.4. The van der Waals surface area contributed by atoms with Gasteiger partial charge in [0.15, 0.2) is 11.0 Å². The molecular formula is C24H18BrCl2N5OS. The number of hydrogen-bond acceptors (Lipinski definition) is 5. The third-order valence-corrected chi connectivity index (χ3v) is 6.96. The number of rotatable bonds is 7. The molecule has 0 atom stereocenters. The zero-order chi connectivity index (χ0) is 24.1. The van der Waals surface area contributed by atoms with Gasteiger partial charge in [0.25, 0.3) is 5.91 Å². The first-order chi connectivity index (χ1) is 16.4. The van der Waals surface area contributed by atoms with Gasteiger partial charge in [0.05, 0.1) is 21.5 Å². The Hall–Kier alpha value is -2.65. The average Bonchev–Trinajstić information content (AvgIpc) is 3.28. The quantitative estimate of drug-likeness (QED) is 0.153. The van der Waals surface area contributed by atoms with E-state index in [-0.39, 0.29) is 11.7 Å². The molecule has 6 nitrogen and oxygen atoms in total. The lowest BCUT2D eigenvalue weighted by atomic mass is 10.1. The molecule has 0 aliphatic heterocycles. The van der Waals surface area contributed by atoms with Crippen molar-refractivity contribution >= 4 is 62.5 Å². The fourth-order valence-corrected chi connectivity index (χ4v) is 4.36. The van der Waals surface area contributed by atoms with Gasteiger partial charge in [-0.3, -0.25) is 9.36 Å². The Morgan fingerprint density at radius 1 is 1.03 bits per heavy atom. The van der Waals surface area contributed by atoms with Crippen LogP contribution >= 0.6 is 50.9 Å². The maximum absolute atomic E-state index is 12.5. The van der Waals surface area contributed by atoms with Gasteiger partial charge in [-0.05, 0) is 48.9 Å². The highest BCUT2D eigenvalue weighted by molar-refractivity contribution is 9.10. The molecule has 3 aromatic carbocycles. The Kier molecular flexibility index (Phi) is 8.05. The van der Waals surface area contributed by atoms with E-state index >= 15 is 0 Å². The molecule has 0 spiro atoms. The molecule has 4 rings (SSSR count). The van der Waals surface area contributed by atoms with Crippen molar-refractivity contribution < 1.29 is 4.79 Å². The number of carbonyl (C=O) groups is 1. The maximum Gasteiger partial charge on any atom is 0.250 e. The van der Waals surface area contributed by atoms with Crippen molar-refractivity contribution in [2.75, 3.05) is 5.75 Å². The van der Waals surface area contributed by atoms with E-state index < -0.39 is 0 Å². The SMILES string of the molecule is CC(=NNC(=O)CSc1nnc(-c2ccc(Br)cc2)n1-c1ccccc1)c1ccc(Cl)c(Cl)c1. The van der Waals surface area contributed by atoms with Gasteiger partial charge in [0.1, 0.15) is 0 Å². The number of nitrogens with one attached hydrogen (secondary N) is 1. The number of thioether (sulfide) groups is 1. The predicted octanol–water partition coefficient (Wildman–Crippen LogP) is 6.64. The van der Waals surface area contributed by atoms with Gasteiger partial charge in [-0.2, -0.15) is 5.10 Å². The summed E-state index contributed by atoms with van der Waals surface area (Å²) in [4.78, 5) is 12.5.